The van der Waals surface area contributed by atoms with Crippen LogP contribution in [0.4, 0.5) is 11.8 Å². The molecule has 2 aromatic heterocycles. The van der Waals surface area contributed by atoms with Gasteiger partial charge >= 0.3 is 0 Å². The largest absolute Gasteiger partial charge is 0.368 e. The molecule has 16 heavy (non-hydrogen) atoms. The first-order chi connectivity index (χ1) is 7.66. The number of rotatable bonds is 2. The van der Waals surface area contributed by atoms with E-state index in [2.05, 4.69) is 19.9 Å². The monoisotopic (exact) mass is 218 g/mol. The molecule has 2 N–H and O–H groups in total. The fraction of sp³-hybridized carbons (Fsp3) is 0.500. The average Bonchev–Trinajstić information content (AvgIpc) is 3.04. The minimum Gasteiger partial charge on any atom is -0.368 e. The lowest BCUT2D eigenvalue weighted by molar-refractivity contribution is 0.892. The number of anilines is 2. The number of nitrogens with two attached hydrogens (primary N) is 1. The summed E-state index contributed by atoms with van der Waals surface area (Å²) in [4.78, 5) is 15.0. The van der Waals surface area contributed by atoms with Crippen molar-refractivity contribution in [3.63, 3.8) is 0 Å². The van der Waals surface area contributed by atoms with E-state index in [0.717, 1.165) is 17.0 Å². The molecule has 84 valence electrons. The molecule has 0 aromatic carbocycles. The molecule has 1 fully saturated rings. The van der Waals surface area contributed by atoms with Crippen LogP contribution in [0.5, 0.6) is 0 Å². The number of nitrogen functional groups attached to an aromatic ring is 1. The smallest absolute Gasteiger partial charge is 0.224 e. The van der Waals surface area contributed by atoms with E-state index < -0.39 is 0 Å². The van der Waals surface area contributed by atoms with Crippen LogP contribution in [0.25, 0.3) is 11.2 Å². The molecular formula is C10H14N6. The molecule has 6 heteroatoms. The molecule has 0 amide bonds. The Balaban J connectivity index is 2.21. The van der Waals surface area contributed by atoms with Crippen LogP contribution in [-0.4, -0.2) is 32.6 Å². The standard InChI is InChI=1S/C10H14N6/c1-15-5-12-7-8(15)13-10(11)14-9(7)16(2)6-3-4-6/h5-6H,3-4H2,1-2H3,(H2,11,13,14). The fourth-order valence-corrected chi connectivity index (χ4v) is 1.89. The number of aromatic nitrogens is 4. The summed E-state index contributed by atoms with van der Waals surface area (Å²) < 4.78 is 1.86. The van der Waals surface area contributed by atoms with Crippen molar-refractivity contribution in [2.75, 3.05) is 17.7 Å². The average molecular weight is 218 g/mol. The van der Waals surface area contributed by atoms with Crippen molar-refractivity contribution in [3.05, 3.63) is 6.33 Å². The minimum atomic E-state index is 0.304. The van der Waals surface area contributed by atoms with Gasteiger partial charge in [0.15, 0.2) is 17.0 Å². The van der Waals surface area contributed by atoms with E-state index in [0.29, 0.717) is 12.0 Å². The van der Waals surface area contributed by atoms with Crippen LogP contribution in [0, 0.1) is 0 Å². The molecule has 1 aliphatic carbocycles. The lowest BCUT2D eigenvalue weighted by atomic mass is 10.4. The molecule has 0 radical (unpaired) electrons. The lowest BCUT2D eigenvalue weighted by Gasteiger charge is -2.17. The zero-order valence-electron chi connectivity index (χ0n) is 9.38. The first kappa shape index (κ1) is 9.38. The third-order valence-electron chi connectivity index (χ3n) is 2.99. The van der Waals surface area contributed by atoms with Crippen LogP contribution in [-0.2, 0) is 7.05 Å². The van der Waals surface area contributed by atoms with Crippen molar-refractivity contribution >= 4 is 22.9 Å². The second-order valence-electron chi connectivity index (χ2n) is 4.28. The van der Waals surface area contributed by atoms with Gasteiger partial charge in [0, 0.05) is 20.1 Å². The molecule has 2 aromatic rings. The second-order valence-corrected chi connectivity index (χ2v) is 4.28. The predicted octanol–water partition coefficient (Wildman–Crippen LogP) is 0.544. The Morgan fingerprint density at radius 2 is 2.19 bits per heavy atom. The number of hydrogen-bond acceptors (Lipinski definition) is 5. The highest BCUT2D eigenvalue weighted by Crippen LogP contribution is 2.32. The van der Waals surface area contributed by atoms with Crippen molar-refractivity contribution in [1.82, 2.24) is 19.5 Å². The third kappa shape index (κ3) is 1.30. The number of aryl methyl sites for hydroxylation is 1. The van der Waals surface area contributed by atoms with Crippen molar-refractivity contribution in [2.45, 2.75) is 18.9 Å². The molecule has 1 aliphatic rings. The quantitative estimate of drug-likeness (QED) is 0.796. The SMILES string of the molecule is CN(c1nc(N)nc2c1ncn2C)C1CC1. The van der Waals surface area contributed by atoms with Crippen LogP contribution in [0.3, 0.4) is 0 Å². The van der Waals surface area contributed by atoms with Gasteiger partial charge in [-0.2, -0.15) is 9.97 Å². The van der Waals surface area contributed by atoms with Crippen LogP contribution < -0.4 is 10.6 Å². The van der Waals surface area contributed by atoms with Gasteiger partial charge in [0.2, 0.25) is 5.95 Å². The zero-order chi connectivity index (χ0) is 11.3. The molecule has 0 saturated heterocycles. The Morgan fingerprint density at radius 3 is 2.88 bits per heavy atom. The fourth-order valence-electron chi connectivity index (χ4n) is 1.89. The summed E-state index contributed by atoms with van der Waals surface area (Å²) in [6.45, 7) is 0. The minimum absolute atomic E-state index is 0.304. The molecule has 6 nitrogen and oxygen atoms in total. The van der Waals surface area contributed by atoms with E-state index >= 15 is 0 Å². The number of nitrogens with zero attached hydrogens (tertiary/aromatic N) is 5. The lowest BCUT2D eigenvalue weighted by Crippen LogP contribution is -2.21. The Hall–Kier alpha value is -1.85. The van der Waals surface area contributed by atoms with Crippen LogP contribution in [0.1, 0.15) is 12.8 Å². The maximum atomic E-state index is 5.72. The highest BCUT2D eigenvalue weighted by molar-refractivity contribution is 5.84. The summed E-state index contributed by atoms with van der Waals surface area (Å²) in [6, 6.07) is 0.583. The predicted molar refractivity (Wildman–Crippen MR) is 62.1 cm³/mol. The summed E-state index contributed by atoms with van der Waals surface area (Å²) >= 11 is 0. The van der Waals surface area contributed by atoms with Gasteiger partial charge in [-0.05, 0) is 12.8 Å². The third-order valence-corrected chi connectivity index (χ3v) is 2.99. The Bertz CT molecular complexity index is 541. The van der Waals surface area contributed by atoms with E-state index in [9.17, 15) is 0 Å². The highest BCUT2D eigenvalue weighted by atomic mass is 15.3. The maximum Gasteiger partial charge on any atom is 0.224 e. The van der Waals surface area contributed by atoms with Gasteiger partial charge in [0.05, 0.1) is 6.33 Å². The van der Waals surface area contributed by atoms with Gasteiger partial charge in [0.25, 0.3) is 0 Å². The summed E-state index contributed by atoms with van der Waals surface area (Å²) in [7, 11) is 3.94. The van der Waals surface area contributed by atoms with Crippen LogP contribution in [0.2, 0.25) is 0 Å². The van der Waals surface area contributed by atoms with Crippen LogP contribution in [0.15, 0.2) is 6.33 Å². The zero-order valence-corrected chi connectivity index (χ0v) is 9.38. The van der Waals surface area contributed by atoms with Gasteiger partial charge in [-0.3, -0.25) is 0 Å². The van der Waals surface area contributed by atoms with Gasteiger partial charge in [-0.25, -0.2) is 4.98 Å². The molecule has 1 saturated carbocycles. The first-order valence-electron chi connectivity index (χ1n) is 5.34. The number of imidazole rings is 1. The second kappa shape index (κ2) is 3.07. The van der Waals surface area contributed by atoms with Crippen molar-refractivity contribution < 1.29 is 0 Å². The maximum absolute atomic E-state index is 5.72. The van der Waals surface area contributed by atoms with Crippen molar-refractivity contribution in [3.8, 4) is 0 Å². The van der Waals surface area contributed by atoms with Gasteiger partial charge in [-0.15, -0.1) is 0 Å². The Morgan fingerprint density at radius 1 is 1.44 bits per heavy atom. The van der Waals surface area contributed by atoms with E-state index in [1.807, 2.05) is 18.7 Å². The summed E-state index contributed by atoms with van der Waals surface area (Å²) in [5.74, 6) is 1.14. The Labute approximate surface area is 93.1 Å². The molecule has 2 heterocycles. The van der Waals surface area contributed by atoms with E-state index in [1.165, 1.54) is 12.8 Å². The molecule has 0 atom stereocenters. The molecule has 0 aliphatic heterocycles. The molecular weight excluding hydrogens is 204 g/mol. The molecule has 0 spiro atoms. The first-order valence-corrected chi connectivity index (χ1v) is 5.34. The summed E-state index contributed by atoms with van der Waals surface area (Å²) in [5.41, 5.74) is 7.33. The molecule has 0 bridgehead atoms. The van der Waals surface area contributed by atoms with Crippen molar-refractivity contribution in [2.24, 2.45) is 7.05 Å². The topological polar surface area (TPSA) is 72.9 Å². The van der Waals surface area contributed by atoms with E-state index in [4.69, 9.17) is 5.73 Å². The van der Waals surface area contributed by atoms with Gasteiger partial charge in [-0.1, -0.05) is 0 Å². The van der Waals surface area contributed by atoms with E-state index in [-0.39, 0.29) is 0 Å². The number of fused-ring (bicyclic) bond motifs is 1. The van der Waals surface area contributed by atoms with Crippen LogP contribution >= 0.6 is 0 Å². The summed E-state index contributed by atoms with van der Waals surface area (Å²) in [5, 5.41) is 0. The Kier molecular flexibility index (Phi) is 1.80. The number of hydrogen-bond donors (Lipinski definition) is 1. The summed E-state index contributed by atoms with van der Waals surface area (Å²) in [6.07, 6.45) is 4.17. The van der Waals surface area contributed by atoms with E-state index in [1.54, 1.807) is 6.33 Å². The van der Waals surface area contributed by atoms with Crippen molar-refractivity contribution in [1.29, 1.82) is 0 Å². The highest BCUT2D eigenvalue weighted by Gasteiger charge is 2.29. The molecule has 0 unspecified atom stereocenters. The normalized spacial score (nSPS) is 15.6. The van der Waals surface area contributed by atoms with Gasteiger partial charge in [0.1, 0.15) is 0 Å². The van der Waals surface area contributed by atoms with Gasteiger partial charge < -0.3 is 15.2 Å². The molecule has 3 rings (SSSR count).